The van der Waals surface area contributed by atoms with Crippen LogP contribution in [0.5, 0.6) is 11.5 Å². The Balaban J connectivity index is 2.55. The molecule has 0 bridgehead atoms. The van der Waals surface area contributed by atoms with E-state index in [-0.39, 0.29) is 17.4 Å². The Labute approximate surface area is 86.8 Å². The second-order valence-corrected chi connectivity index (χ2v) is 3.95. The van der Waals surface area contributed by atoms with Gasteiger partial charge in [0.1, 0.15) is 0 Å². The summed E-state index contributed by atoms with van der Waals surface area (Å²) in [4.78, 5) is 0. The van der Waals surface area contributed by atoms with E-state index >= 15 is 0 Å². The second kappa shape index (κ2) is 3.08. The number of hydrogen-bond acceptors (Lipinski definition) is 2. The molecule has 0 spiro atoms. The van der Waals surface area contributed by atoms with Gasteiger partial charge in [-0.15, -0.1) is 8.78 Å². The van der Waals surface area contributed by atoms with Crippen molar-refractivity contribution in [1.29, 1.82) is 0 Å². The van der Waals surface area contributed by atoms with Crippen LogP contribution in [0.25, 0.3) is 0 Å². The molecule has 2 nitrogen and oxygen atoms in total. The summed E-state index contributed by atoms with van der Waals surface area (Å²) in [6, 6.07) is 3.56. The largest absolute Gasteiger partial charge is 0.586 e. The van der Waals surface area contributed by atoms with E-state index in [0.717, 1.165) is 5.56 Å². The molecule has 0 unspecified atom stereocenters. The first-order valence-corrected chi connectivity index (χ1v) is 4.80. The maximum absolute atomic E-state index is 12.9. The van der Waals surface area contributed by atoms with Crippen LogP contribution in [-0.4, -0.2) is 6.29 Å². The summed E-state index contributed by atoms with van der Waals surface area (Å²) in [5.74, 6) is 0.457. The number of halogens is 2. The van der Waals surface area contributed by atoms with Crippen LogP contribution in [0.1, 0.15) is 30.9 Å². The van der Waals surface area contributed by atoms with Gasteiger partial charge in [0, 0.05) is 5.56 Å². The van der Waals surface area contributed by atoms with Gasteiger partial charge in [-0.1, -0.05) is 26.0 Å². The smallest absolute Gasteiger partial charge is 0.395 e. The minimum absolute atomic E-state index is 0.122. The fourth-order valence-electron chi connectivity index (χ4n) is 1.62. The topological polar surface area (TPSA) is 18.5 Å². The van der Waals surface area contributed by atoms with Crippen LogP contribution in [0.4, 0.5) is 8.78 Å². The van der Waals surface area contributed by atoms with Crippen molar-refractivity contribution < 1.29 is 18.3 Å². The molecule has 0 amide bonds. The number of ether oxygens (including phenoxy) is 2. The second-order valence-electron chi connectivity index (χ2n) is 3.95. The van der Waals surface area contributed by atoms with E-state index in [1.807, 2.05) is 13.8 Å². The summed E-state index contributed by atoms with van der Waals surface area (Å²) in [6.45, 7) is 5.56. The summed E-state index contributed by atoms with van der Waals surface area (Å²) < 4.78 is 34.8. The molecular weight excluding hydrogens is 202 g/mol. The van der Waals surface area contributed by atoms with Crippen molar-refractivity contribution >= 4 is 0 Å². The van der Waals surface area contributed by atoms with Crippen molar-refractivity contribution in [3.8, 4) is 11.5 Å². The molecule has 2 rings (SSSR count). The first-order chi connectivity index (χ1) is 6.91. The van der Waals surface area contributed by atoms with Crippen molar-refractivity contribution in [3.05, 3.63) is 23.3 Å². The molecule has 0 saturated carbocycles. The van der Waals surface area contributed by atoms with Gasteiger partial charge in [0.15, 0.2) is 11.5 Å². The van der Waals surface area contributed by atoms with Crippen LogP contribution >= 0.6 is 0 Å². The van der Waals surface area contributed by atoms with E-state index in [1.54, 1.807) is 19.1 Å². The molecule has 82 valence electrons. The molecule has 1 aromatic rings. The maximum Gasteiger partial charge on any atom is 0.586 e. The zero-order valence-corrected chi connectivity index (χ0v) is 8.80. The predicted octanol–water partition coefficient (Wildman–Crippen LogP) is 3.44. The minimum Gasteiger partial charge on any atom is -0.395 e. The lowest BCUT2D eigenvalue weighted by atomic mass is 10.00. The lowest BCUT2D eigenvalue weighted by Crippen LogP contribution is -2.26. The summed E-state index contributed by atoms with van der Waals surface area (Å²) in [5, 5.41) is 0. The molecule has 0 aromatic heterocycles. The molecule has 4 heteroatoms. The van der Waals surface area contributed by atoms with E-state index in [4.69, 9.17) is 0 Å². The van der Waals surface area contributed by atoms with E-state index in [1.165, 1.54) is 0 Å². The molecule has 1 aromatic carbocycles. The number of benzene rings is 1. The van der Waals surface area contributed by atoms with E-state index in [0.29, 0.717) is 5.56 Å². The number of fused-ring (bicyclic) bond motifs is 1. The van der Waals surface area contributed by atoms with Gasteiger partial charge in [-0.25, -0.2) is 0 Å². The van der Waals surface area contributed by atoms with Gasteiger partial charge >= 0.3 is 6.29 Å². The molecule has 1 aliphatic rings. The average molecular weight is 214 g/mol. The standard InChI is InChI=1S/C11H12F2O2/c1-6(2)8-5-4-7(3)9-10(8)15-11(12,13)14-9/h4-6H,1-3H3. The van der Waals surface area contributed by atoms with E-state index < -0.39 is 6.29 Å². The van der Waals surface area contributed by atoms with Gasteiger partial charge in [0.05, 0.1) is 0 Å². The Bertz CT molecular complexity index is 400. The Morgan fingerprint density at radius 1 is 1.13 bits per heavy atom. The van der Waals surface area contributed by atoms with Gasteiger partial charge < -0.3 is 9.47 Å². The van der Waals surface area contributed by atoms with Gasteiger partial charge in [0.2, 0.25) is 0 Å². The summed E-state index contributed by atoms with van der Waals surface area (Å²) in [5.41, 5.74) is 1.40. The number of aryl methyl sites for hydroxylation is 1. The van der Waals surface area contributed by atoms with Crippen molar-refractivity contribution in [2.45, 2.75) is 33.0 Å². The molecule has 0 atom stereocenters. The predicted molar refractivity (Wildman–Crippen MR) is 51.5 cm³/mol. The maximum atomic E-state index is 12.9. The molecule has 1 aliphatic heterocycles. The highest BCUT2D eigenvalue weighted by atomic mass is 19.3. The number of alkyl halides is 2. The average Bonchev–Trinajstić information content (AvgIpc) is 2.41. The summed E-state index contributed by atoms with van der Waals surface area (Å²) in [6.07, 6.45) is -3.53. The van der Waals surface area contributed by atoms with Gasteiger partial charge in [-0.3, -0.25) is 0 Å². The minimum atomic E-state index is -3.53. The Morgan fingerprint density at radius 2 is 1.73 bits per heavy atom. The Hall–Kier alpha value is -1.32. The molecule has 0 N–H and O–H groups in total. The van der Waals surface area contributed by atoms with Gasteiger partial charge in [0.25, 0.3) is 0 Å². The molecule has 15 heavy (non-hydrogen) atoms. The fourth-order valence-corrected chi connectivity index (χ4v) is 1.62. The van der Waals surface area contributed by atoms with Gasteiger partial charge in [-0.2, -0.15) is 0 Å². The number of hydrogen-bond donors (Lipinski definition) is 0. The molecule has 0 saturated heterocycles. The molecule has 1 heterocycles. The Kier molecular flexibility index (Phi) is 2.10. The fraction of sp³-hybridized carbons (Fsp3) is 0.455. The lowest BCUT2D eigenvalue weighted by molar-refractivity contribution is -0.287. The van der Waals surface area contributed by atoms with Crippen molar-refractivity contribution in [1.82, 2.24) is 0 Å². The third-order valence-corrected chi connectivity index (χ3v) is 2.40. The first kappa shape index (κ1) is 10.2. The van der Waals surface area contributed by atoms with Crippen LogP contribution < -0.4 is 9.47 Å². The molecule has 0 radical (unpaired) electrons. The van der Waals surface area contributed by atoms with Gasteiger partial charge in [-0.05, 0) is 18.4 Å². The zero-order valence-electron chi connectivity index (χ0n) is 8.80. The van der Waals surface area contributed by atoms with E-state index in [9.17, 15) is 8.78 Å². The van der Waals surface area contributed by atoms with Crippen molar-refractivity contribution in [2.24, 2.45) is 0 Å². The summed E-state index contributed by atoms with van der Waals surface area (Å²) in [7, 11) is 0. The van der Waals surface area contributed by atoms with Crippen molar-refractivity contribution in [2.75, 3.05) is 0 Å². The van der Waals surface area contributed by atoms with E-state index in [2.05, 4.69) is 9.47 Å². The summed E-state index contributed by atoms with van der Waals surface area (Å²) >= 11 is 0. The Morgan fingerprint density at radius 3 is 2.33 bits per heavy atom. The lowest BCUT2D eigenvalue weighted by Gasteiger charge is -2.09. The SMILES string of the molecule is Cc1ccc(C(C)C)c2c1OC(F)(F)O2. The monoisotopic (exact) mass is 214 g/mol. The quantitative estimate of drug-likeness (QED) is 0.712. The highest BCUT2D eigenvalue weighted by Gasteiger charge is 2.45. The molecule has 0 aliphatic carbocycles. The van der Waals surface area contributed by atoms with Crippen LogP contribution in [0.3, 0.4) is 0 Å². The van der Waals surface area contributed by atoms with Crippen molar-refractivity contribution in [3.63, 3.8) is 0 Å². The van der Waals surface area contributed by atoms with Crippen LogP contribution in [-0.2, 0) is 0 Å². The highest BCUT2D eigenvalue weighted by Crippen LogP contribution is 2.47. The molecular formula is C11H12F2O2. The van der Waals surface area contributed by atoms with Crippen LogP contribution in [0.2, 0.25) is 0 Å². The highest BCUT2D eigenvalue weighted by molar-refractivity contribution is 5.54. The van der Waals surface area contributed by atoms with Crippen LogP contribution in [0, 0.1) is 6.92 Å². The zero-order chi connectivity index (χ0) is 11.2. The third kappa shape index (κ3) is 1.64. The number of rotatable bonds is 1. The molecule has 0 fully saturated rings. The van der Waals surface area contributed by atoms with Crippen LogP contribution in [0.15, 0.2) is 12.1 Å². The normalized spacial score (nSPS) is 17.2. The first-order valence-electron chi connectivity index (χ1n) is 4.80. The third-order valence-electron chi connectivity index (χ3n) is 2.40.